The first-order valence-corrected chi connectivity index (χ1v) is 7.60. The van der Waals surface area contributed by atoms with Crippen molar-refractivity contribution in [3.8, 4) is 11.3 Å². The quantitative estimate of drug-likeness (QED) is 0.722. The number of aromatic nitrogens is 1. The molecular weight excluding hydrogens is 323 g/mol. The fourth-order valence-electron chi connectivity index (χ4n) is 2.43. The maximum absolute atomic E-state index is 13.1. The molecule has 3 aromatic rings. The number of nitrogens with one attached hydrogen (secondary N) is 1. The van der Waals surface area contributed by atoms with Gasteiger partial charge in [0.25, 0.3) is 5.91 Å². The van der Waals surface area contributed by atoms with Crippen molar-refractivity contribution in [3.63, 3.8) is 0 Å². The van der Waals surface area contributed by atoms with Gasteiger partial charge in [0.05, 0.1) is 0 Å². The number of amides is 1. The van der Waals surface area contributed by atoms with Gasteiger partial charge >= 0.3 is 0 Å². The summed E-state index contributed by atoms with van der Waals surface area (Å²) in [6, 6.07) is 12.2. The molecule has 5 nitrogen and oxygen atoms in total. The van der Waals surface area contributed by atoms with Gasteiger partial charge in [0.2, 0.25) is 0 Å². The summed E-state index contributed by atoms with van der Waals surface area (Å²) in [5.74, 6) is -0.460. The summed E-state index contributed by atoms with van der Waals surface area (Å²) in [4.78, 5) is 23.9. The summed E-state index contributed by atoms with van der Waals surface area (Å²) < 4.78 is 18.2. The van der Waals surface area contributed by atoms with Crippen LogP contribution in [0.15, 0.2) is 53.1 Å². The van der Waals surface area contributed by atoms with Gasteiger partial charge in [-0.2, -0.15) is 0 Å². The number of carbonyl (C=O) groups is 2. The van der Waals surface area contributed by atoms with Crippen molar-refractivity contribution in [1.82, 2.24) is 5.16 Å². The lowest BCUT2D eigenvalue weighted by Gasteiger charge is -2.06. The third kappa shape index (κ3) is 3.47. The average Bonchev–Trinajstić information content (AvgIpc) is 2.97. The molecule has 0 aliphatic carbocycles. The second kappa shape index (κ2) is 6.68. The SMILES string of the molecule is CC(=O)c1ccc(NC(=O)c2c(-c3ccc(F)cc3)noc2C)cc1. The highest BCUT2D eigenvalue weighted by molar-refractivity contribution is 6.09. The second-order valence-corrected chi connectivity index (χ2v) is 5.56. The molecular formula is C19H15FN2O3. The molecule has 1 heterocycles. The topological polar surface area (TPSA) is 72.2 Å². The summed E-state index contributed by atoms with van der Waals surface area (Å²) in [6.45, 7) is 3.11. The highest BCUT2D eigenvalue weighted by Gasteiger charge is 2.21. The van der Waals surface area contributed by atoms with Crippen LogP contribution in [-0.2, 0) is 0 Å². The highest BCUT2D eigenvalue weighted by atomic mass is 19.1. The molecule has 1 aromatic heterocycles. The molecule has 6 heteroatoms. The van der Waals surface area contributed by atoms with Crippen LogP contribution in [0.5, 0.6) is 0 Å². The van der Waals surface area contributed by atoms with Crippen molar-refractivity contribution in [3.05, 3.63) is 71.2 Å². The van der Waals surface area contributed by atoms with Crippen LogP contribution in [-0.4, -0.2) is 16.8 Å². The zero-order chi connectivity index (χ0) is 18.0. The van der Waals surface area contributed by atoms with Crippen molar-refractivity contribution in [2.24, 2.45) is 0 Å². The number of hydrogen-bond acceptors (Lipinski definition) is 4. The van der Waals surface area contributed by atoms with Crippen molar-refractivity contribution >= 4 is 17.4 Å². The molecule has 25 heavy (non-hydrogen) atoms. The number of carbonyl (C=O) groups excluding carboxylic acids is 2. The molecule has 0 saturated carbocycles. The summed E-state index contributed by atoms with van der Waals surface area (Å²) in [7, 11) is 0. The van der Waals surface area contributed by atoms with Crippen LogP contribution in [0.2, 0.25) is 0 Å². The number of benzene rings is 2. The number of Topliss-reactive ketones (excluding diaryl/α,β-unsaturated/α-hetero) is 1. The number of hydrogen-bond donors (Lipinski definition) is 1. The molecule has 126 valence electrons. The lowest BCUT2D eigenvalue weighted by atomic mass is 10.1. The Hall–Kier alpha value is -3.28. The summed E-state index contributed by atoms with van der Waals surface area (Å²) in [5.41, 5.74) is 2.31. The predicted molar refractivity (Wildman–Crippen MR) is 91.0 cm³/mol. The summed E-state index contributed by atoms with van der Waals surface area (Å²) in [5, 5.41) is 6.66. The summed E-state index contributed by atoms with van der Waals surface area (Å²) in [6.07, 6.45) is 0. The van der Waals surface area contributed by atoms with E-state index in [9.17, 15) is 14.0 Å². The lowest BCUT2D eigenvalue weighted by Crippen LogP contribution is -2.13. The smallest absolute Gasteiger partial charge is 0.261 e. The minimum absolute atomic E-state index is 0.0497. The van der Waals surface area contributed by atoms with Crippen molar-refractivity contribution in [1.29, 1.82) is 0 Å². The molecule has 0 saturated heterocycles. The van der Waals surface area contributed by atoms with E-state index in [-0.39, 0.29) is 17.2 Å². The number of halogens is 1. The van der Waals surface area contributed by atoms with Gasteiger partial charge in [0.1, 0.15) is 22.8 Å². The van der Waals surface area contributed by atoms with Crippen LogP contribution >= 0.6 is 0 Å². The molecule has 0 bridgehead atoms. The van der Waals surface area contributed by atoms with Gasteiger partial charge in [0, 0.05) is 16.8 Å². The standard InChI is InChI=1S/C19H15FN2O3/c1-11(23)13-5-9-16(10-6-13)21-19(24)17-12(2)25-22-18(17)14-3-7-15(20)8-4-14/h3-10H,1-2H3,(H,21,24). The van der Waals surface area contributed by atoms with Gasteiger partial charge in [-0.25, -0.2) is 4.39 Å². The van der Waals surface area contributed by atoms with E-state index in [4.69, 9.17) is 4.52 Å². The number of rotatable bonds is 4. The number of aryl methyl sites for hydroxylation is 1. The van der Waals surface area contributed by atoms with E-state index < -0.39 is 5.91 Å². The Labute approximate surface area is 143 Å². The summed E-state index contributed by atoms with van der Waals surface area (Å²) >= 11 is 0. The first kappa shape index (κ1) is 16.6. The first-order chi connectivity index (χ1) is 12.0. The Morgan fingerprint density at radius 1 is 1.04 bits per heavy atom. The van der Waals surface area contributed by atoms with Gasteiger partial charge in [-0.05, 0) is 62.4 Å². The Morgan fingerprint density at radius 2 is 1.68 bits per heavy atom. The minimum Gasteiger partial charge on any atom is -0.360 e. The molecule has 0 spiro atoms. The normalized spacial score (nSPS) is 10.5. The molecule has 1 N–H and O–H groups in total. The van der Waals surface area contributed by atoms with Crippen LogP contribution in [0.1, 0.15) is 33.4 Å². The van der Waals surface area contributed by atoms with Crippen molar-refractivity contribution in [2.45, 2.75) is 13.8 Å². The highest BCUT2D eigenvalue weighted by Crippen LogP contribution is 2.26. The van der Waals surface area contributed by atoms with E-state index in [0.717, 1.165) is 0 Å². The third-order valence-corrected chi connectivity index (χ3v) is 3.76. The van der Waals surface area contributed by atoms with Gasteiger partial charge in [-0.15, -0.1) is 0 Å². The molecule has 0 radical (unpaired) electrons. The molecule has 0 atom stereocenters. The Balaban J connectivity index is 1.88. The second-order valence-electron chi connectivity index (χ2n) is 5.56. The maximum atomic E-state index is 13.1. The molecule has 3 rings (SSSR count). The largest absolute Gasteiger partial charge is 0.360 e. The van der Waals surface area contributed by atoms with Gasteiger partial charge in [0.15, 0.2) is 5.78 Å². The molecule has 0 aliphatic rings. The average molecular weight is 338 g/mol. The fourth-order valence-corrected chi connectivity index (χ4v) is 2.43. The lowest BCUT2D eigenvalue weighted by molar-refractivity contribution is 0.101. The number of ketones is 1. The van der Waals surface area contributed by atoms with Gasteiger partial charge in [-0.3, -0.25) is 9.59 Å². The number of nitrogens with zero attached hydrogens (tertiary/aromatic N) is 1. The van der Waals surface area contributed by atoms with E-state index in [2.05, 4.69) is 10.5 Å². The molecule has 0 aliphatic heterocycles. The monoisotopic (exact) mass is 338 g/mol. The van der Waals surface area contributed by atoms with E-state index in [1.807, 2.05) is 0 Å². The molecule has 0 unspecified atom stereocenters. The van der Waals surface area contributed by atoms with Crippen LogP contribution in [0.3, 0.4) is 0 Å². The maximum Gasteiger partial charge on any atom is 0.261 e. The van der Waals surface area contributed by atoms with Crippen molar-refractivity contribution < 1.29 is 18.5 Å². The van der Waals surface area contributed by atoms with E-state index in [0.29, 0.717) is 28.3 Å². The third-order valence-electron chi connectivity index (χ3n) is 3.76. The van der Waals surface area contributed by atoms with E-state index in [1.165, 1.54) is 31.2 Å². The molecule has 0 fully saturated rings. The van der Waals surface area contributed by atoms with Crippen LogP contribution in [0.25, 0.3) is 11.3 Å². The van der Waals surface area contributed by atoms with Crippen LogP contribution < -0.4 is 5.32 Å². The van der Waals surface area contributed by atoms with Crippen molar-refractivity contribution in [2.75, 3.05) is 5.32 Å². The molecule has 1 amide bonds. The fraction of sp³-hybridized carbons (Fsp3) is 0.105. The van der Waals surface area contributed by atoms with Gasteiger partial charge < -0.3 is 9.84 Å². The number of anilines is 1. The Morgan fingerprint density at radius 3 is 2.28 bits per heavy atom. The predicted octanol–water partition coefficient (Wildman–Crippen LogP) is 4.24. The zero-order valence-corrected chi connectivity index (χ0v) is 13.7. The first-order valence-electron chi connectivity index (χ1n) is 7.60. The van der Waals surface area contributed by atoms with E-state index >= 15 is 0 Å². The van der Waals surface area contributed by atoms with Crippen LogP contribution in [0, 0.1) is 12.7 Å². The van der Waals surface area contributed by atoms with E-state index in [1.54, 1.807) is 31.2 Å². The minimum atomic E-state index is -0.395. The van der Waals surface area contributed by atoms with Crippen LogP contribution in [0.4, 0.5) is 10.1 Å². The van der Waals surface area contributed by atoms with Gasteiger partial charge in [-0.1, -0.05) is 5.16 Å². The Bertz CT molecular complexity index is 928. The Kier molecular flexibility index (Phi) is 4.43. The zero-order valence-electron chi connectivity index (χ0n) is 13.7. The molecule has 2 aromatic carbocycles.